The van der Waals surface area contributed by atoms with Crippen LogP contribution < -0.4 is 10.6 Å². The SMILES string of the molecule is OCCNCCO[C@H]1CCC[C@H]1OCCNCCO. The van der Waals surface area contributed by atoms with Gasteiger partial charge in [-0.3, -0.25) is 0 Å². The first kappa shape index (κ1) is 16.8. The van der Waals surface area contributed by atoms with Gasteiger partial charge in [0.15, 0.2) is 0 Å². The molecule has 0 bridgehead atoms. The minimum absolute atomic E-state index is 0.163. The number of aliphatic hydroxyl groups is 2. The summed E-state index contributed by atoms with van der Waals surface area (Å²) in [7, 11) is 0. The summed E-state index contributed by atoms with van der Waals surface area (Å²) in [4.78, 5) is 0. The van der Waals surface area contributed by atoms with Crippen LogP contribution in [0.2, 0.25) is 0 Å². The molecule has 6 nitrogen and oxygen atoms in total. The molecule has 1 aliphatic rings. The molecule has 0 aromatic heterocycles. The smallest absolute Gasteiger partial charge is 0.0837 e. The first-order chi connectivity index (χ1) is 9.38. The average molecular weight is 276 g/mol. The van der Waals surface area contributed by atoms with E-state index in [2.05, 4.69) is 10.6 Å². The highest BCUT2D eigenvalue weighted by molar-refractivity contribution is 4.79. The maximum Gasteiger partial charge on any atom is 0.0837 e. The van der Waals surface area contributed by atoms with Crippen LogP contribution in [-0.2, 0) is 9.47 Å². The Morgan fingerprint density at radius 3 is 1.68 bits per heavy atom. The van der Waals surface area contributed by atoms with Crippen molar-refractivity contribution in [2.45, 2.75) is 31.5 Å². The monoisotopic (exact) mass is 276 g/mol. The lowest BCUT2D eigenvalue weighted by Gasteiger charge is -2.21. The molecular weight excluding hydrogens is 248 g/mol. The van der Waals surface area contributed by atoms with E-state index in [1.165, 1.54) is 0 Å². The first-order valence-corrected chi connectivity index (χ1v) is 7.25. The summed E-state index contributed by atoms with van der Waals surface area (Å²) in [5.74, 6) is 0. The Labute approximate surface area is 115 Å². The molecule has 0 saturated heterocycles. The molecular formula is C13H28N2O4. The van der Waals surface area contributed by atoms with Crippen LogP contribution in [-0.4, -0.2) is 75.0 Å². The van der Waals surface area contributed by atoms with Crippen LogP contribution in [0.5, 0.6) is 0 Å². The minimum atomic E-state index is 0.163. The molecule has 0 radical (unpaired) electrons. The van der Waals surface area contributed by atoms with E-state index in [0.29, 0.717) is 26.3 Å². The lowest BCUT2D eigenvalue weighted by atomic mass is 10.2. The van der Waals surface area contributed by atoms with Gasteiger partial charge in [-0.2, -0.15) is 0 Å². The van der Waals surface area contributed by atoms with Crippen LogP contribution in [0.1, 0.15) is 19.3 Å². The average Bonchev–Trinajstić information content (AvgIpc) is 2.86. The number of rotatable bonds is 12. The van der Waals surface area contributed by atoms with Gasteiger partial charge >= 0.3 is 0 Å². The first-order valence-electron chi connectivity index (χ1n) is 7.25. The van der Waals surface area contributed by atoms with Crippen LogP contribution in [0.25, 0.3) is 0 Å². The van der Waals surface area contributed by atoms with Crippen molar-refractivity contribution in [2.75, 3.05) is 52.6 Å². The Hall–Kier alpha value is -0.240. The Kier molecular flexibility index (Phi) is 10.2. The van der Waals surface area contributed by atoms with E-state index in [-0.39, 0.29) is 25.4 Å². The highest BCUT2D eigenvalue weighted by Crippen LogP contribution is 2.24. The van der Waals surface area contributed by atoms with Gasteiger partial charge in [-0.1, -0.05) is 0 Å². The molecule has 1 aliphatic carbocycles. The van der Waals surface area contributed by atoms with Crippen molar-refractivity contribution in [1.29, 1.82) is 0 Å². The van der Waals surface area contributed by atoms with Crippen molar-refractivity contribution < 1.29 is 19.7 Å². The molecule has 1 saturated carbocycles. The van der Waals surface area contributed by atoms with Crippen molar-refractivity contribution in [3.63, 3.8) is 0 Å². The topological polar surface area (TPSA) is 83.0 Å². The number of hydrogen-bond donors (Lipinski definition) is 4. The third-order valence-electron chi connectivity index (χ3n) is 3.19. The van der Waals surface area contributed by atoms with E-state index in [0.717, 1.165) is 32.4 Å². The van der Waals surface area contributed by atoms with E-state index in [1.807, 2.05) is 0 Å². The fraction of sp³-hybridized carbons (Fsp3) is 1.00. The van der Waals surface area contributed by atoms with Gasteiger partial charge in [-0.15, -0.1) is 0 Å². The van der Waals surface area contributed by atoms with Gasteiger partial charge in [-0.25, -0.2) is 0 Å². The van der Waals surface area contributed by atoms with Gasteiger partial charge < -0.3 is 30.3 Å². The molecule has 4 N–H and O–H groups in total. The van der Waals surface area contributed by atoms with Crippen molar-refractivity contribution in [2.24, 2.45) is 0 Å². The van der Waals surface area contributed by atoms with Gasteiger partial charge in [0, 0.05) is 26.2 Å². The number of hydrogen-bond acceptors (Lipinski definition) is 6. The largest absolute Gasteiger partial charge is 0.395 e. The van der Waals surface area contributed by atoms with Crippen LogP contribution >= 0.6 is 0 Å². The lowest BCUT2D eigenvalue weighted by Crippen LogP contribution is -2.32. The summed E-state index contributed by atoms with van der Waals surface area (Å²) in [6, 6.07) is 0. The van der Waals surface area contributed by atoms with E-state index < -0.39 is 0 Å². The second-order valence-corrected chi connectivity index (χ2v) is 4.70. The predicted octanol–water partition coefficient (Wildman–Crippen LogP) is -0.895. The molecule has 0 aromatic carbocycles. The molecule has 6 heteroatoms. The normalized spacial score (nSPS) is 23.1. The number of nitrogens with one attached hydrogen (secondary N) is 2. The molecule has 0 aliphatic heterocycles. The van der Waals surface area contributed by atoms with Crippen LogP contribution in [0, 0.1) is 0 Å². The van der Waals surface area contributed by atoms with E-state index in [4.69, 9.17) is 19.7 Å². The zero-order valence-corrected chi connectivity index (χ0v) is 11.6. The van der Waals surface area contributed by atoms with E-state index in [9.17, 15) is 0 Å². The second-order valence-electron chi connectivity index (χ2n) is 4.70. The highest BCUT2D eigenvalue weighted by Gasteiger charge is 2.28. The molecule has 0 spiro atoms. The van der Waals surface area contributed by atoms with E-state index in [1.54, 1.807) is 0 Å². The van der Waals surface area contributed by atoms with Crippen molar-refractivity contribution in [1.82, 2.24) is 10.6 Å². The van der Waals surface area contributed by atoms with Crippen molar-refractivity contribution in [3.8, 4) is 0 Å². The van der Waals surface area contributed by atoms with Gasteiger partial charge in [0.05, 0.1) is 38.6 Å². The zero-order chi connectivity index (χ0) is 13.8. The summed E-state index contributed by atoms with van der Waals surface area (Å²) in [6.07, 6.45) is 3.69. The van der Waals surface area contributed by atoms with Crippen LogP contribution in [0.3, 0.4) is 0 Å². The number of aliphatic hydroxyl groups excluding tert-OH is 2. The fourth-order valence-electron chi connectivity index (χ4n) is 2.25. The molecule has 1 fully saturated rings. The van der Waals surface area contributed by atoms with Gasteiger partial charge in [0.1, 0.15) is 0 Å². The Bertz CT molecular complexity index is 187. The lowest BCUT2D eigenvalue weighted by molar-refractivity contribution is -0.0542. The Morgan fingerprint density at radius 1 is 0.789 bits per heavy atom. The number of ether oxygens (including phenoxy) is 2. The molecule has 1 rings (SSSR count). The molecule has 0 heterocycles. The third kappa shape index (κ3) is 7.81. The Balaban J connectivity index is 2.01. The molecule has 0 unspecified atom stereocenters. The van der Waals surface area contributed by atoms with Crippen molar-refractivity contribution >= 4 is 0 Å². The molecule has 19 heavy (non-hydrogen) atoms. The summed E-state index contributed by atoms with van der Waals surface area (Å²) < 4.78 is 11.6. The molecule has 0 aromatic rings. The maximum absolute atomic E-state index is 8.63. The fourth-order valence-corrected chi connectivity index (χ4v) is 2.25. The standard InChI is InChI=1S/C13H28N2O4/c16-8-4-14-6-10-18-12-2-1-3-13(12)19-11-7-15-5-9-17/h12-17H,1-11H2/t12-,13+. The van der Waals surface area contributed by atoms with Gasteiger partial charge in [0.2, 0.25) is 0 Å². The maximum atomic E-state index is 8.63. The molecule has 2 atom stereocenters. The quantitative estimate of drug-likeness (QED) is 0.346. The third-order valence-corrected chi connectivity index (χ3v) is 3.19. The molecule has 114 valence electrons. The van der Waals surface area contributed by atoms with E-state index >= 15 is 0 Å². The van der Waals surface area contributed by atoms with Gasteiger partial charge in [-0.05, 0) is 19.3 Å². The molecule has 0 amide bonds. The van der Waals surface area contributed by atoms with Crippen molar-refractivity contribution in [3.05, 3.63) is 0 Å². The predicted molar refractivity (Wildman–Crippen MR) is 73.2 cm³/mol. The summed E-state index contributed by atoms with van der Waals surface area (Å²) in [5, 5.41) is 23.4. The summed E-state index contributed by atoms with van der Waals surface area (Å²) in [5.41, 5.74) is 0. The second kappa shape index (κ2) is 11.6. The summed E-state index contributed by atoms with van der Waals surface area (Å²) >= 11 is 0. The zero-order valence-electron chi connectivity index (χ0n) is 11.6. The highest BCUT2D eigenvalue weighted by atomic mass is 16.5. The van der Waals surface area contributed by atoms with Gasteiger partial charge in [0.25, 0.3) is 0 Å². The van der Waals surface area contributed by atoms with Crippen LogP contribution in [0.4, 0.5) is 0 Å². The Morgan fingerprint density at radius 2 is 1.26 bits per heavy atom. The minimum Gasteiger partial charge on any atom is -0.395 e. The summed E-state index contributed by atoms with van der Waals surface area (Å²) in [6.45, 7) is 4.41. The van der Waals surface area contributed by atoms with Crippen LogP contribution in [0.15, 0.2) is 0 Å².